The van der Waals surface area contributed by atoms with Gasteiger partial charge in [-0.05, 0) is 48.0 Å². The molecule has 0 aliphatic rings. The first-order valence-electron chi connectivity index (χ1n) is 9.20. The fourth-order valence-corrected chi connectivity index (χ4v) is 4.19. The summed E-state index contributed by atoms with van der Waals surface area (Å²) in [4.78, 5) is 11.1. The molecule has 0 bridgehead atoms. The van der Waals surface area contributed by atoms with E-state index >= 15 is 4.39 Å². The zero-order valence-corrected chi connectivity index (χ0v) is 18.4. The second-order valence-electron chi connectivity index (χ2n) is 6.66. The Morgan fingerprint density at radius 2 is 1.81 bits per heavy atom. The van der Waals surface area contributed by atoms with E-state index in [0.717, 1.165) is 0 Å². The van der Waals surface area contributed by atoms with Crippen molar-refractivity contribution in [2.75, 3.05) is 12.4 Å². The summed E-state index contributed by atoms with van der Waals surface area (Å²) in [6, 6.07) is 15.4. The monoisotopic (exact) mass is 462 g/mol. The standard InChI is InChI=1S/C22H20ClFN2O4S/c1-14(27)26-18-7-9-19(10-8-18)31(28,29)25-13-16-6-11-20(30-2)21(22(16)24)15-4-3-5-17(23)12-15/h3-12,25H,13H2,1-2H3,(H,26,27). The van der Waals surface area contributed by atoms with Crippen LogP contribution in [-0.4, -0.2) is 21.4 Å². The van der Waals surface area contributed by atoms with Gasteiger partial charge in [0.05, 0.1) is 17.6 Å². The fourth-order valence-electron chi connectivity index (χ4n) is 3.00. The van der Waals surface area contributed by atoms with Gasteiger partial charge in [0.1, 0.15) is 11.6 Å². The van der Waals surface area contributed by atoms with Crippen molar-refractivity contribution in [1.29, 1.82) is 0 Å². The van der Waals surface area contributed by atoms with Gasteiger partial charge in [0.15, 0.2) is 0 Å². The summed E-state index contributed by atoms with van der Waals surface area (Å²) in [7, 11) is -2.48. The number of anilines is 1. The zero-order chi connectivity index (χ0) is 22.6. The highest BCUT2D eigenvalue weighted by atomic mass is 35.5. The van der Waals surface area contributed by atoms with E-state index in [1.54, 1.807) is 30.3 Å². The van der Waals surface area contributed by atoms with Gasteiger partial charge in [-0.1, -0.05) is 29.8 Å². The molecule has 9 heteroatoms. The average Bonchev–Trinajstić information content (AvgIpc) is 2.72. The lowest BCUT2D eigenvalue weighted by Crippen LogP contribution is -2.24. The number of hydrogen-bond donors (Lipinski definition) is 2. The SMILES string of the molecule is COc1ccc(CNS(=O)(=O)c2ccc(NC(C)=O)cc2)c(F)c1-c1cccc(Cl)c1. The van der Waals surface area contributed by atoms with Crippen LogP contribution in [0.2, 0.25) is 5.02 Å². The van der Waals surface area contributed by atoms with Crippen LogP contribution >= 0.6 is 11.6 Å². The van der Waals surface area contributed by atoms with E-state index < -0.39 is 15.8 Å². The molecule has 6 nitrogen and oxygen atoms in total. The number of rotatable bonds is 7. The predicted molar refractivity (Wildman–Crippen MR) is 118 cm³/mol. The summed E-state index contributed by atoms with van der Waals surface area (Å²) >= 11 is 6.03. The maximum absolute atomic E-state index is 15.3. The van der Waals surface area contributed by atoms with Gasteiger partial charge < -0.3 is 10.1 Å². The lowest BCUT2D eigenvalue weighted by Gasteiger charge is -2.14. The van der Waals surface area contributed by atoms with Crippen molar-refractivity contribution in [1.82, 2.24) is 4.72 Å². The summed E-state index contributed by atoms with van der Waals surface area (Å²) in [6.07, 6.45) is 0. The smallest absolute Gasteiger partial charge is 0.240 e. The lowest BCUT2D eigenvalue weighted by molar-refractivity contribution is -0.114. The number of nitrogens with one attached hydrogen (secondary N) is 2. The molecule has 0 spiro atoms. The third-order valence-corrected chi connectivity index (χ3v) is 6.11. The number of amides is 1. The van der Waals surface area contributed by atoms with Gasteiger partial charge in [-0.2, -0.15) is 0 Å². The normalized spacial score (nSPS) is 11.2. The van der Waals surface area contributed by atoms with E-state index in [1.165, 1.54) is 44.4 Å². The Kier molecular flexibility index (Phi) is 6.94. The highest BCUT2D eigenvalue weighted by Gasteiger charge is 2.19. The zero-order valence-electron chi connectivity index (χ0n) is 16.8. The van der Waals surface area contributed by atoms with Crippen LogP contribution in [0, 0.1) is 5.82 Å². The summed E-state index contributed by atoms with van der Waals surface area (Å²) < 4.78 is 48.2. The van der Waals surface area contributed by atoms with Crippen LogP contribution in [0.3, 0.4) is 0 Å². The largest absolute Gasteiger partial charge is 0.496 e. The van der Waals surface area contributed by atoms with Gasteiger partial charge in [-0.15, -0.1) is 0 Å². The number of carbonyl (C=O) groups is 1. The molecule has 2 N–H and O–H groups in total. The molecule has 0 radical (unpaired) electrons. The van der Waals surface area contributed by atoms with Crippen molar-refractivity contribution in [3.05, 3.63) is 77.1 Å². The molecule has 3 aromatic rings. The molecule has 0 unspecified atom stereocenters. The quantitative estimate of drug-likeness (QED) is 0.537. The number of halogens is 2. The molecular weight excluding hydrogens is 443 g/mol. The summed E-state index contributed by atoms with van der Waals surface area (Å²) in [5, 5.41) is 3.00. The van der Waals surface area contributed by atoms with Crippen molar-refractivity contribution in [2.45, 2.75) is 18.4 Å². The first-order chi connectivity index (χ1) is 14.7. The Balaban J connectivity index is 1.86. The third kappa shape index (κ3) is 5.41. The highest BCUT2D eigenvalue weighted by Crippen LogP contribution is 2.35. The maximum atomic E-state index is 15.3. The van der Waals surface area contributed by atoms with Crippen LogP contribution in [0.4, 0.5) is 10.1 Å². The Labute approximate surface area is 185 Å². The molecule has 0 atom stereocenters. The number of ether oxygens (including phenoxy) is 1. The van der Waals surface area contributed by atoms with Crippen LogP contribution in [0.15, 0.2) is 65.6 Å². The average molecular weight is 463 g/mol. The first-order valence-corrected chi connectivity index (χ1v) is 11.1. The van der Waals surface area contributed by atoms with E-state index in [2.05, 4.69) is 10.0 Å². The van der Waals surface area contributed by atoms with Gasteiger partial charge in [0.2, 0.25) is 15.9 Å². The van der Waals surface area contributed by atoms with Crippen LogP contribution in [0.5, 0.6) is 5.75 Å². The predicted octanol–water partition coefficient (Wildman–Crippen LogP) is 4.59. The van der Waals surface area contributed by atoms with Crippen LogP contribution in [0.25, 0.3) is 11.1 Å². The van der Waals surface area contributed by atoms with Crippen molar-refractivity contribution in [3.8, 4) is 16.9 Å². The molecule has 162 valence electrons. The molecule has 0 heterocycles. The molecule has 1 amide bonds. The minimum Gasteiger partial charge on any atom is -0.496 e. The number of methoxy groups -OCH3 is 1. The lowest BCUT2D eigenvalue weighted by atomic mass is 10.0. The summed E-state index contributed by atoms with van der Waals surface area (Å²) in [5.74, 6) is -0.565. The highest BCUT2D eigenvalue weighted by molar-refractivity contribution is 7.89. The molecule has 0 fully saturated rings. The van der Waals surface area contributed by atoms with Gasteiger partial charge in [0, 0.05) is 29.7 Å². The van der Waals surface area contributed by atoms with Gasteiger partial charge in [0.25, 0.3) is 0 Å². The minimum absolute atomic E-state index is 0.00872. The summed E-state index contributed by atoms with van der Waals surface area (Å²) in [6.45, 7) is 1.09. The number of carbonyl (C=O) groups excluding carboxylic acids is 1. The number of sulfonamides is 1. The number of benzene rings is 3. The second kappa shape index (κ2) is 9.47. The van der Waals surface area contributed by atoms with Gasteiger partial charge in [-0.3, -0.25) is 4.79 Å². The molecule has 0 saturated carbocycles. The maximum Gasteiger partial charge on any atom is 0.240 e. The molecule has 0 aliphatic carbocycles. The van der Waals surface area contributed by atoms with Gasteiger partial charge in [-0.25, -0.2) is 17.5 Å². The number of hydrogen-bond acceptors (Lipinski definition) is 4. The van der Waals surface area contributed by atoms with E-state index in [4.69, 9.17) is 16.3 Å². The second-order valence-corrected chi connectivity index (χ2v) is 8.86. The molecule has 0 aromatic heterocycles. The summed E-state index contributed by atoms with van der Waals surface area (Å²) in [5.41, 5.74) is 1.33. The molecule has 0 aliphatic heterocycles. The first kappa shape index (κ1) is 22.7. The van der Waals surface area contributed by atoms with Gasteiger partial charge >= 0.3 is 0 Å². The molecule has 0 saturated heterocycles. The van der Waals surface area contributed by atoms with Crippen molar-refractivity contribution in [3.63, 3.8) is 0 Å². The molecular formula is C22H20ClFN2O4S. The Hall–Kier alpha value is -2.94. The Morgan fingerprint density at radius 3 is 2.42 bits per heavy atom. The fraction of sp³-hybridized carbons (Fsp3) is 0.136. The van der Waals surface area contributed by atoms with E-state index in [-0.39, 0.29) is 28.5 Å². The molecule has 31 heavy (non-hydrogen) atoms. The van der Waals surface area contributed by atoms with Crippen LogP contribution in [-0.2, 0) is 21.4 Å². The topological polar surface area (TPSA) is 84.5 Å². The third-order valence-electron chi connectivity index (χ3n) is 4.45. The van der Waals surface area contributed by atoms with Crippen LogP contribution < -0.4 is 14.8 Å². The Morgan fingerprint density at radius 1 is 1.10 bits per heavy atom. The van der Waals surface area contributed by atoms with E-state index in [9.17, 15) is 13.2 Å². The van der Waals surface area contributed by atoms with E-state index in [1.807, 2.05) is 0 Å². The van der Waals surface area contributed by atoms with Crippen molar-refractivity contribution >= 4 is 33.2 Å². The minimum atomic E-state index is -3.90. The Bertz CT molecular complexity index is 1210. The van der Waals surface area contributed by atoms with E-state index in [0.29, 0.717) is 22.0 Å². The van der Waals surface area contributed by atoms with Crippen molar-refractivity contribution in [2.24, 2.45) is 0 Å². The van der Waals surface area contributed by atoms with Crippen LogP contribution in [0.1, 0.15) is 12.5 Å². The van der Waals surface area contributed by atoms with Crippen molar-refractivity contribution < 1.29 is 22.3 Å². The molecule has 3 aromatic carbocycles. The molecule has 3 rings (SSSR count).